The van der Waals surface area contributed by atoms with Crippen molar-refractivity contribution in [3.63, 3.8) is 0 Å². The molecule has 108 valence electrons. The summed E-state index contributed by atoms with van der Waals surface area (Å²) in [5.74, 6) is 1.81. The van der Waals surface area contributed by atoms with E-state index in [1.54, 1.807) is 0 Å². The van der Waals surface area contributed by atoms with Crippen LogP contribution < -0.4 is 5.32 Å². The molecule has 1 fully saturated rings. The van der Waals surface area contributed by atoms with Gasteiger partial charge in [0.1, 0.15) is 0 Å². The molecule has 1 aromatic rings. The molecule has 19 heavy (non-hydrogen) atoms. The summed E-state index contributed by atoms with van der Waals surface area (Å²) in [4.78, 5) is 0. The molecule has 3 nitrogen and oxygen atoms in total. The summed E-state index contributed by atoms with van der Waals surface area (Å²) < 4.78 is 2.13. The fourth-order valence-corrected chi connectivity index (χ4v) is 3.25. The first-order valence-electron chi connectivity index (χ1n) is 7.99. The van der Waals surface area contributed by atoms with Crippen molar-refractivity contribution in [2.24, 2.45) is 11.8 Å². The van der Waals surface area contributed by atoms with Crippen LogP contribution >= 0.6 is 0 Å². The molecule has 0 aromatic carbocycles. The Labute approximate surface area is 117 Å². The van der Waals surface area contributed by atoms with Crippen molar-refractivity contribution in [2.75, 3.05) is 6.54 Å². The van der Waals surface area contributed by atoms with Gasteiger partial charge in [0.2, 0.25) is 0 Å². The first-order valence-corrected chi connectivity index (χ1v) is 7.99. The molecule has 1 N–H and O–H groups in total. The Morgan fingerprint density at radius 3 is 2.89 bits per heavy atom. The molecule has 2 unspecified atom stereocenters. The third-order valence-electron chi connectivity index (χ3n) is 4.36. The topological polar surface area (TPSA) is 29.9 Å². The smallest absolute Gasteiger partial charge is 0.0625 e. The van der Waals surface area contributed by atoms with Gasteiger partial charge in [0.25, 0.3) is 0 Å². The molecule has 1 aliphatic carbocycles. The maximum Gasteiger partial charge on any atom is 0.0625 e. The highest BCUT2D eigenvalue weighted by atomic mass is 15.3. The Hall–Kier alpha value is -0.830. The molecule has 1 aliphatic rings. The molecule has 0 saturated heterocycles. The average molecular weight is 263 g/mol. The van der Waals surface area contributed by atoms with Crippen LogP contribution in [0.15, 0.2) is 6.07 Å². The predicted octanol–water partition coefficient (Wildman–Crippen LogP) is 3.38. The summed E-state index contributed by atoms with van der Waals surface area (Å²) in [6, 6.07) is 2.25. The first-order chi connectivity index (χ1) is 9.22. The number of aryl methyl sites for hydroxylation is 2. The largest absolute Gasteiger partial charge is 0.311 e. The standard InChI is InChI=1S/C16H29N3/c1-4-15-10-16(19(5-2)18-15)12-17-11-14-8-6-7-13(3)9-14/h10,13-14,17H,4-9,11-12H2,1-3H3. The number of rotatable bonds is 6. The van der Waals surface area contributed by atoms with Crippen molar-refractivity contribution in [3.05, 3.63) is 17.5 Å². The van der Waals surface area contributed by atoms with Crippen LogP contribution in [0.1, 0.15) is 57.8 Å². The van der Waals surface area contributed by atoms with Gasteiger partial charge in [0.05, 0.1) is 11.4 Å². The zero-order valence-corrected chi connectivity index (χ0v) is 12.8. The van der Waals surface area contributed by atoms with Crippen LogP contribution in [0.25, 0.3) is 0 Å². The van der Waals surface area contributed by atoms with Gasteiger partial charge >= 0.3 is 0 Å². The second-order valence-corrected chi connectivity index (χ2v) is 6.07. The lowest BCUT2D eigenvalue weighted by molar-refractivity contribution is 0.273. The van der Waals surface area contributed by atoms with Gasteiger partial charge in [-0.3, -0.25) is 4.68 Å². The Kier molecular flexibility index (Phi) is 5.44. The van der Waals surface area contributed by atoms with E-state index >= 15 is 0 Å². The molecular formula is C16H29N3. The van der Waals surface area contributed by atoms with Crippen molar-refractivity contribution in [1.82, 2.24) is 15.1 Å². The maximum absolute atomic E-state index is 4.60. The van der Waals surface area contributed by atoms with Gasteiger partial charge in [0, 0.05) is 13.1 Å². The lowest BCUT2D eigenvalue weighted by atomic mass is 9.82. The maximum atomic E-state index is 4.60. The van der Waals surface area contributed by atoms with Gasteiger partial charge in [0.15, 0.2) is 0 Å². The van der Waals surface area contributed by atoms with Gasteiger partial charge in [-0.05, 0) is 50.6 Å². The molecule has 0 bridgehead atoms. The van der Waals surface area contributed by atoms with E-state index in [-0.39, 0.29) is 0 Å². The van der Waals surface area contributed by atoms with E-state index in [1.807, 2.05) is 0 Å². The van der Waals surface area contributed by atoms with Crippen LogP contribution in [-0.2, 0) is 19.5 Å². The van der Waals surface area contributed by atoms with E-state index in [1.165, 1.54) is 43.6 Å². The van der Waals surface area contributed by atoms with Gasteiger partial charge in [-0.15, -0.1) is 0 Å². The number of nitrogens with zero attached hydrogens (tertiary/aromatic N) is 2. The molecule has 2 rings (SSSR count). The molecule has 0 spiro atoms. The predicted molar refractivity (Wildman–Crippen MR) is 80.1 cm³/mol. The molecule has 1 heterocycles. The second-order valence-electron chi connectivity index (χ2n) is 6.07. The summed E-state index contributed by atoms with van der Waals surface area (Å²) in [5.41, 5.74) is 2.55. The van der Waals surface area contributed by atoms with E-state index in [0.717, 1.165) is 31.3 Å². The number of nitrogens with one attached hydrogen (secondary N) is 1. The van der Waals surface area contributed by atoms with Crippen molar-refractivity contribution in [2.45, 2.75) is 66.0 Å². The normalized spacial score (nSPS) is 23.7. The van der Waals surface area contributed by atoms with Gasteiger partial charge < -0.3 is 5.32 Å². The highest BCUT2D eigenvalue weighted by Crippen LogP contribution is 2.27. The molecule has 0 amide bonds. The zero-order chi connectivity index (χ0) is 13.7. The molecule has 0 radical (unpaired) electrons. The Morgan fingerprint density at radius 1 is 1.37 bits per heavy atom. The van der Waals surface area contributed by atoms with Crippen LogP contribution in [0.2, 0.25) is 0 Å². The SMILES string of the molecule is CCc1cc(CNCC2CCCC(C)C2)n(CC)n1. The van der Waals surface area contributed by atoms with Crippen LogP contribution in [0, 0.1) is 11.8 Å². The number of hydrogen-bond donors (Lipinski definition) is 1. The minimum atomic E-state index is 0.882. The van der Waals surface area contributed by atoms with Gasteiger partial charge in [-0.2, -0.15) is 5.10 Å². The quantitative estimate of drug-likeness (QED) is 0.852. The molecular weight excluding hydrogens is 234 g/mol. The second kappa shape index (κ2) is 7.09. The fourth-order valence-electron chi connectivity index (χ4n) is 3.25. The first kappa shape index (κ1) is 14.6. The number of aromatic nitrogens is 2. The Balaban J connectivity index is 1.80. The summed E-state index contributed by atoms with van der Waals surface area (Å²) in [5, 5.41) is 8.24. The lowest BCUT2D eigenvalue weighted by Gasteiger charge is -2.26. The van der Waals surface area contributed by atoms with E-state index in [2.05, 4.69) is 41.9 Å². The van der Waals surface area contributed by atoms with Crippen LogP contribution in [0.4, 0.5) is 0 Å². The van der Waals surface area contributed by atoms with Crippen LogP contribution in [0.3, 0.4) is 0 Å². The highest BCUT2D eigenvalue weighted by Gasteiger charge is 2.18. The molecule has 3 heteroatoms. The van der Waals surface area contributed by atoms with E-state index in [9.17, 15) is 0 Å². The third kappa shape index (κ3) is 4.07. The van der Waals surface area contributed by atoms with Gasteiger partial charge in [-0.1, -0.05) is 26.7 Å². The number of hydrogen-bond acceptors (Lipinski definition) is 2. The zero-order valence-electron chi connectivity index (χ0n) is 12.8. The van der Waals surface area contributed by atoms with E-state index < -0.39 is 0 Å². The fraction of sp³-hybridized carbons (Fsp3) is 0.812. The Bertz CT molecular complexity index is 383. The third-order valence-corrected chi connectivity index (χ3v) is 4.36. The minimum Gasteiger partial charge on any atom is -0.311 e. The molecule has 1 saturated carbocycles. The van der Waals surface area contributed by atoms with Gasteiger partial charge in [-0.25, -0.2) is 0 Å². The monoisotopic (exact) mass is 263 g/mol. The highest BCUT2D eigenvalue weighted by molar-refractivity contribution is 5.10. The van der Waals surface area contributed by atoms with E-state index in [0.29, 0.717) is 0 Å². The van der Waals surface area contributed by atoms with Crippen LogP contribution in [-0.4, -0.2) is 16.3 Å². The summed E-state index contributed by atoms with van der Waals surface area (Å²) in [6.45, 7) is 9.83. The van der Waals surface area contributed by atoms with E-state index in [4.69, 9.17) is 0 Å². The van der Waals surface area contributed by atoms with Crippen LogP contribution in [0.5, 0.6) is 0 Å². The van der Waals surface area contributed by atoms with Crippen molar-refractivity contribution < 1.29 is 0 Å². The van der Waals surface area contributed by atoms with Crippen molar-refractivity contribution in [3.8, 4) is 0 Å². The molecule has 1 aromatic heterocycles. The van der Waals surface area contributed by atoms with Crippen molar-refractivity contribution >= 4 is 0 Å². The summed E-state index contributed by atoms with van der Waals surface area (Å²) in [7, 11) is 0. The average Bonchev–Trinajstić information content (AvgIpc) is 2.81. The Morgan fingerprint density at radius 2 is 2.21 bits per heavy atom. The minimum absolute atomic E-state index is 0.882. The lowest BCUT2D eigenvalue weighted by Crippen LogP contribution is -2.27. The molecule has 0 aliphatic heterocycles. The van der Waals surface area contributed by atoms with Crippen molar-refractivity contribution in [1.29, 1.82) is 0 Å². The molecule has 2 atom stereocenters. The summed E-state index contributed by atoms with van der Waals surface area (Å²) >= 11 is 0. The summed E-state index contributed by atoms with van der Waals surface area (Å²) in [6.07, 6.45) is 6.68.